The number of halogens is 8. The maximum absolute atomic E-state index is 12.9. The maximum atomic E-state index is 12.9. The molecule has 2 aromatic rings. The highest BCUT2D eigenvalue weighted by atomic mass is 35.5. The third-order valence-corrected chi connectivity index (χ3v) is 4.39. The smallest absolute Gasteiger partial charge is 0.416 e. The predicted molar refractivity (Wildman–Crippen MR) is 106 cm³/mol. The Labute approximate surface area is 188 Å². The van der Waals surface area contributed by atoms with Gasteiger partial charge in [-0.05, 0) is 19.2 Å². The summed E-state index contributed by atoms with van der Waals surface area (Å²) in [5, 5.41) is 17.3. The van der Waals surface area contributed by atoms with Gasteiger partial charge in [-0.3, -0.25) is 10.1 Å². The molecule has 162 valence electrons. The maximum Gasteiger partial charge on any atom is 0.416 e. The van der Waals surface area contributed by atoms with Crippen LogP contribution in [0.2, 0.25) is 10.0 Å². The molecular weight excluding hydrogens is 506 g/mol. The van der Waals surface area contributed by atoms with Crippen LogP contribution < -0.4 is 10.1 Å². The van der Waals surface area contributed by atoms with Gasteiger partial charge in [0.15, 0.2) is 10.5 Å². The number of nitrogens with zero attached hydrogens (tertiary/aromatic N) is 3. The zero-order valence-corrected chi connectivity index (χ0v) is 18.1. The highest BCUT2D eigenvalue weighted by molar-refractivity contribution is 6.44. The van der Waals surface area contributed by atoms with Crippen molar-refractivity contribution < 1.29 is 22.8 Å². The number of nitrogens with one attached hydrogen (secondary N) is 1. The number of benzene rings is 1. The molecule has 0 radical (unpaired) electrons. The van der Waals surface area contributed by atoms with Gasteiger partial charge in [0.25, 0.3) is 0 Å². The van der Waals surface area contributed by atoms with Crippen LogP contribution >= 0.6 is 58.8 Å². The summed E-state index contributed by atoms with van der Waals surface area (Å²) < 4.78 is 44.9. The Balaban J connectivity index is 0.00000420. The van der Waals surface area contributed by atoms with Gasteiger partial charge in [0.2, 0.25) is 0 Å². The van der Waals surface area contributed by atoms with Gasteiger partial charge in [-0.15, -0.1) is 17.5 Å². The van der Waals surface area contributed by atoms with Crippen molar-refractivity contribution in [1.29, 1.82) is 0 Å². The summed E-state index contributed by atoms with van der Waals surface area (Å²) in [5.74, 6) is -0.436. The van der Waals surface area contributed by atoms with Crippen LogP contribution in [0.5, 0.6) is 5.88 Å². The monoisotopic (exact) mass is 516 g/mol. The number of likely N-dealkylation sites (N-methyl/N-ethyl adjacent to an activating group) is 1. The third-order valence-electron chi connectivity index (χ3n) is 3.40. The van der Waals surface area contributed by atoms with Crippen LogP contribution in [-0.2, 0) is 6.18 Å². The molecule has 0 aliphatic rings. The zero-order valence-electron chi connectivity index (χ0n) is 14.3. The van der Waals surface area contributed by atoms with E-state index < -0.39 is 43.1 Å². The lowest BCUT2D eigenvalue weighted by molar-refractivity contribution is -0.386. The molecule has 29 heavy (non-hydrogen) atoms. The van der Waals surface area contributed by atoms with E-state index in [0.717, 1.165) is 4.68 Å². The molecule has 0 aliphatic heterocycles. The Bertz CT molecular complexity index is 869. The average Bonchev–Trinajstić information content (AvgIpc) is 2.93. The Hall–Kier alpha value is -1.17. The van der Waals surface area contributed by atoms with Gasteiger partial charge >= 0.3 is 17.7 Å². The Morgan fingerprint density at radius 1 is 1.31 bits per heavy atom. The van der Waals surface area contributed by atoms with Crippen molar-refractivity contribution in [2.75, 3.05) is 20.2 Å². The molecule has 0 amide bonds. The highest BCUT2D eigenvalue weighted by Gasteiger charge is 2.36. The molecule has 15 heteroatoms. The first-order chi connectivity index (χ1) is 13.0. The first-order valence-electron chi connectivity index (χ1n) is 7.38. The van der Waals surface area contributed by atoms with Crippen LogP contribution in [0, 0.1) is 10.1 Å². The Morgan fingerprint density at radius 2 is 1.86 bits per heavy atom. The summed E-state index contributed by atoms with van der Waals surface area (Å²) in [6, 6.07) is 1.22. The molecule has 0 fully saturated rings. The Kier molecular flexibility index (Phi) is 9.12. The number of ether oxygens (including phenoxy) is 1. The molecular formula is C14H12Cl5F3N4O3. The van der Waals surface area contributed by atoms with Gasteiger partial charge in [0, 0.05) is 6.54 Å². The molecule has 0 aliphatic carbocycles. The second kappa shape index (κ2) is 10.2. The van der Waals surface area contributed by atoms with Crippen LogP contribution in [0.25, 0.3) is 5.69 Å². The van der Waals surface area contributed by atoms with Crippen LogP contribution in [0.4, 0.5) is 18.9 Å². The van der Waals surface area contributed by atoms with Crippen molar-refractivity contribution in [2.24, 2.45) is 0 Å². The van der Waals surface area contributed by atoms with E-state index >= 15 is 0 Å². The molecule has 1 aromatic carbocycles. The number of rotatable bonds is 7. The van der Waals surface area contributed by atoms with Crippen molar-refractivity contribution in [1.82, 2.24) is 15.1 Å². The number of hydrogen-bond donors (Lipinski definition) is 1. The lowest BCUT2D eigenvalue weighted by atomic mass is 10.2. The summed E-state index contributed by atoms with van der Waals surface area (Å²) in [5.41, 5.74) is -2.38. The summed E-state index contributed by atoms with van der Waals surface area (Å²) in [6.07, 6.45) is -4.70. The van der Waals surface area contributed by atoms with Gasteiger partial charge < -0.3 is 10.1 Å². The van der Waals surface area contributed by atoms with Crippen molar-refractivity contribution in [3.8, 4) is 11.6 Å². The molecule has 0 saturated heterocycles. The minimum absolute atomic E-state index is 0. The topological polar surface area (TPSA) is 82.2 Å². The van der Waals surface area contributed by atoms with Gasteiger partial charge in [-0.25, -0.2) is 4.68 Å². The minimum atomic E-state index is -4.70. The lowest BCUT2D eigenvalue weighted by Crippen LogP contribution is -2.16. The second-order valence-electron chi connectivity index (χ2n) is 5.25. The van der Waals surface area contributed by atoms with Crippen molar-refractivity contribution in [3.05, 3.63) is 43.5 Å². The molecule has 0 unspecified atom stereocenters. The second-order valence-corrected chi connectivity index (χ2v) is 7.16. The molecule has 0 saturated carbocycles. The zero-order chi connectivity index (χ0) is 21.2. The minimum Gasteiger partial charge on any atom is -0.470 e. The highest BCUT2D eigenvalue weighted by Crippen LogP contribution is 2.44. The van der Waals surface area contributed by atoms with Crippen LogP contribution in [0.1, 0.15) is 16.1 Å². The normalized spacial score (nSPS) is 11.5. The molecule has 1 heterocycles. The van der Waals surface area contributed by atoms with Gasteiger partial charge in [-0.2, -0.15) is 13.2 Å². The molecule has 0 bridgehead atoms. The fraction of sp³-hybridized carbons (Fsp3) is 0.357. The van der Waals surface area contributed by atoms with Gasteiger partial charge in [0.05, 0.1) is 20.5 Å². The number of nitro groups is 1. The average molecular weight is 519 g/mol. The van der Waals surface area contributed by atoms with Crippen LogP contribution in [0.3, 0.4) is 0 Å². The lowest BCUT2D eigenvalue weighted by Gasteiger charge is -2.14. The van der Waals surface area contributed by atoms with Crippen LogP contribution in [0.15, 0.2) is 12.1 Å². The van der Waals surface area contributed by atoms with E-state index in [-0.39, 0.29) is 30.4 Å². The standard InChI is InChI=1S/C14H11Cl4F3N4O3.ClH/c1-22-2-3-28-13-11(25(26)27)10(12(17)18)24(23-13)9-7(15)4-6(5-8(9)16)14(19,20)21;/h4-5,12,22H,2-3H2,1H3;1H. The van der Waals surface area contributed by atoms with Gasteiger partial charge in [0.1, 0.15) is 12.3 Å². The van der Waals surface area contributed by atoms with Crippen LogP contribution in [-0.4, -0.2) is 34.9 Å². The number of aromatic nitrogens is 2. The van der Waals surface area contributed by atoms with E-state index in [2.05, 4.69) is 10.4 Å². The largest absolute Gasteiger partial charge is 0.470 e. The number of hydrogen-bond acceptors (Lipinski definition) is 5. The molecule has 1 aromatic heterocycles. The van der Waals surface area contributed by atoms with E-state index in [1.54, 1.807) is 7.05 Å². The Morgan fingerprint density at radius 3 is 2.28 bits per heavy atom. The van der Waals surface area contributed by atoms with Crippen molar-refractivity contribution in [3.63, 3.8) is 0 Å². The van der Waals surface area contributed by atoms with E-state index in [1.165, 1.54) is 0 Å². The predicted octanol–water partition coefficient (Wildman–Crippen LogP) is 5.60. The first kappa shape index (κ1) is 25.9. The summed E-state index contributed by atoms with van der Waals surface area (Å²) in [6.45, 7) is 0.351. The number of alkyl halides is 5. The quantitative estimate of drug-likeness (QED) is 0.223. The summed E-state index contributed by atoms with van der Waals surface area (Å²) in [7, 11) is 1.64. The summed E-state index contributed by atoms with van der Waals surface area (Å²) >= 11 is 23.6. The van der Waals surface area contributed by atoms with Gasteiger partial charge in [-0.1, -0.05) is 46.4 Å². The molecule has 0 atom stereocenters. The van der Waals surface area contributed by atoms with E-state index in [1.807, 2.05) is 0 Å². The third kappa shape index (κ3) is 5.71. The summed E-state index contributed by atoms with van der Waals surface area (Å²) in [4.78, 5) is 9.20. The first-order valence-corrected chi connectivity index (χ1v) is 9.01. The van der Waals surface area contributed by atoms with E-state index in [4.69, 9.17) is 51.1 Å². The molecule has 1 N–H and O–H groups in total. The van der Waals surface area contributed by atoms with E-state index in [0.29, 0.717) is 18.7 Å². The van der Waals surface area contributed by atoms with Crippen molar-refractivity contribution >= 4 is 64.5 Å². The fourth-order valence-corrected chi connectivity index (χ4v) is 3.26. The molecule has 0 spiro atoms. The molecule has 7 nitrogen and oxygen atoms in total. The molecule has 2 rings (SSSR count). The SMILES string of the molecule is CNCCOc1nn(-c2c(Cl)cc(C(F)(F)F)cc2Cl)c(C(Cl)Cl)c1[N+](=O)[O-].Cl. The fourth-order valence-electron chi connectivity index (χ4n) is 2.22. The van der Waals surface area contributed by atoms with E-state index in [9.17, 15) is 23.3 Å². The van der Waals surface area contributed by atoms with Crippen molar-refractivity contribution in [2.45, 2.75) is 11.0 Å².